The maximum absolute atomic E-state index is 10.8. The average Bonchev–Trinajstić information content (AvgIpc) is 2.30. The van der Waals surface area contributed by atoms with Gasteiger partial charge in [0.05, 0.1) is 0 Å². The van der Waals surface area contributed by atoms with E-state index in [0.29, 0.717) is 11.3 Å². The molecule has 0 aromatic rings. The summed E-state index contributed by atoms with van der Waals surface area (Å²) in [5.74, 6) is 2.30. The molecule has 0 aromatic carbocycles. The number of hydrogen-bond donors (Lipinski definition) is 0. The molecule has 1 saturated carbocycles. The molecule has 0 bridgehead atoms. The van der Waals surface area contributed by atoms with Crippen molar-refractivity contribution in [2.45, 2.75) is 59.3 Å². The first kappa shape index (κ1) is 12.9. The van der Waals surface area contributed by atoms with Crippen molar-refractivity contribution in [3.63, 3.8) is 0 Å². The summed E-state index contributed by atoms with van der Waals surface area (Å²) in [6.45, 7) is 7.08. The lowest BCUT2D eigenvalue weighted by Crippen LogP contribution is -2.47. The highest BCUT2D eigenvalue weighted by Gasteiger charge is 2.49. The zero-order chi connectivity index (χ0) is 12.5. The van der Waals surface area contributed by atoms with Crippen molar-refractivity contribution in [2.75, 3.05) is 0 Å². The topological polar surface area (TPSA) is 17.1 Å². The monoisotopic (exact) mass is 234 g/mol. The molecule has 2 rings (SSSR count). The van der Waals surface area contributed by atoms with E-state index in [1.807, 2.05) is 0 Å². The highest BCUT2D eigenvalue weighted by atomic mass is 16.1. The molecule has 17 heavy (non-hydrogen) atoms. The van der Waals surface area contributed by atoms with Crippen molar-refractivity contribution in [1.82, 2.24) is 0 Å². The molecule has 1 fully saturated rings. The first-order chi connectivity index (χ1) is 8.04. The van der Waals surface area contributed by atoms with E-state index < -0.39 is 0 Å². The van der Waals surface area contributed by atoms with E-state index in [0.717, 1.165) is 24.5 Å². The van der Waals surface area contributed by atoms with Crippen LogP contribution in [0.2, 0.25) is 0 Å². The minimum Gasteiger partial charge on any atom is -0.303 e. The van der Waals surface area contributed by atoms with Crippen molar-refractivity contribution >= 4 is 6.29 Å². The Balaban J connectivity index is 2.11. The van der Waals surface area contributed by atoms with E-state index >= 15 is 0 Å². The number of carbonyl (C=O) groups excluding carboxylic acids is 1. The highest BCUT2D eigenvalue weighted by molar-refractivity contribution is 5.49. The summed E-state index contributed by atoms with van der Waals surface area (Å²) >= 11 is 0. The van der Waals surface area contributed by atoms with Gasteiger partial charge in [-0.3, -0.25) is 0 Å². The van der Waals surface area contributed by atoms with Gasteiger partial charge in [0.25, 0.3) is 0 Å². The van der Waals surface area contributed by atoms with Crippen LogP contribution in [-0.2, 0) is 4.79 Å². The fourth-order valence-electron chi connectivity index (χ4n) is 4.08. The average molecular weight is 234 g/mol. The number of hydrogen-bond acceptors (Lipinski definition) is 1. The maximum atomic E-state index is 10.8. The predicted molar refractivity (Wildman–Crippen MR) is 71.8 cm³/mol. The molecule has 0 heterocycles. The van der Waals surface area contributed by atoms with Gasteiger partial charge in [-0.05, 0) is 62.2 Å². The molecule has 2 aliphatic rings. The Bertz CT molecular complexity index is 313. The Kier molecular flexibility index (Phi) is 3.75. The fourth-order valence-corrected chi connectivity index (χ4v) is 4.08. The van der Waals surface area contributed by atoms with E-state index in [1.54, 1.807) is 5.57 Å². The van der Waals surface area contributed by atoms with Crippen molar-refractivity contribution in [3.8, 4) is 0 Å². The summed E-state index contributed by atoms with van der Waals surface area (Å²) in [4.78, 5) is 10.8. The molecule has 0 N–H and O–H groups in total. The molecular formula is C16H26O. The lowest BCUT2D eigenvalue weighted by atomic mass is 9.50. The normalized spacial score (nSPS) is 36.6. The minimum atomic E-state index is 0.510. The molecule has 96 valence electrons. The Labute approximate surface area is 106 Å². The zero-order valence-corrected chi connectivity index (χ0v) is 11.5. The molecule has 0 radical (unpaired) electrons. The molecule has 2 aliphatic carbocycles. The van der Waals surface area contributed by atoms with Gasteiger partial charge in [0.1, 0.15) is 6.29 Å². The number of aldehydes is 1. The quantitative estimate of drug-likeness (QED) is 0.512. The third-order valence-corrected chi connectivity index (χ3v) is 5.17. The third-order valence-electron chi connectivity index (χ3n) is 5.17. The fraction of sp³-hybridized carbons (Fsp3) is 0.812. The molecule has 0 aromatic heterocycles. The van der Waals surface area contributed by atoms with Crippen LogP contribution < -0.4 is 0 Å². The van der Waals surface area contributed by atoms with Crippen LogP contribution in [0, 0.1) is 23.2 Å². The third kappa shape index (κ3) is 2.64. The van der Waals surface area contributed by atoms with Gasteiger partial charge in [-0.2, -0.15) is 0 Å². The summed E-state index contributed by atoms with van der Waals surface area (Å²) in [7, 11) is 0. The predicted octanol–water partition coefficient (Wildman–Crippen LogP) is 4.37. The number of allylic oxidation sites excluding steroid dienone is 2. The van der Waals surface area contributed by atoms with E-state index in [9.17, 15) is 4.79 Å². The van der Waals surface area contributed by atoms with Crippen LogP contribution in [0.3, 0.4) is 0 Å². The van der Waals surface area contributed by atoms with Crippen LogP contribution in [0.1, 0.15) is 59.3 Å². The van der Waals surface area contributed by atoms with Crippen LogP contribution in [0.5, 0.6) is 0 Å². The van der Waals surface area contributed by atoms with E-state index in [4.69, 9.17) is 0 Å². The first-order valence-corrected chi connectivity index (χ1v) is 7.14. The molecule has 3 unspecified atom stereocenters. The summed E-state index contributed by atoms with van der Waals surface area (Å²) in [5, 5.41) is 0. The van der Waals surface area contributed by atoms with Gasteiger partial charge in [0.15, 0.2) is 0 Å². The Morgan fingerprint density at radius 3 is 2.82 bits per heavy atom. The molecular weight excluding hydrogens is 208 g/mol. The summed E-state index contributed by atoms with van der Waals surface area (Å²) in [6, 6.07) is 0. The van der Waals surface area contributed by atoms with Gasteiger partial charge in [0.2, 0.25) is 0 Å². The van der Waals surface area contributed by atoms with E-state index in [-0.39, 0.29) is 0 Å². The van der Waals surface area contributed by atoms with Gasteiger partial charge in [-0.1, -0.05) is 25.5 Å². The van der Waals surface area contributed by atoms with Crippen molar-refractivity contribution < 1.29 is 4.79 Å². The zero-order valence-electron chi connectivity index (χ0n) is 11.5. The van der Waals surface area contributed by atoms with Gasteiger partial charge in [-0.15, -0.1) is 0 Å². The molecule has 0 aliphatic heterocycles. The Hall–Kier alpha value is -0.590. The lowest BCUT2D eigenvalue weighted by Gasteiger charge is -2.55. The van der Waals surface area contributed by atoms with Crippen LogP contribution in [-0.4, -0.2) is 6.29 Å². The van der Waals surface area contributed by atoms with Crippen molar-refractivity contribution in [3.05, 3.63) is 11.6 Å². The Morgan fingerprint density at radius 1 is 1.41 bits per heavy atom. The second-order valence-corrected chi connectivity index (χ2v) is 6.79. The van der Waals surface area contributed by atoms with E-state index in [1.165, 1.54) is 32.1 Å². The van der Waals surface area contributed by atoms with Gasteiger partial charge >= 0.3 is 0 Å². The summed E-state index contributed by atoms with van der Waals surface area (Å²) in [6.07, 6.45) is 10.6. The molecule has 0 spiro atoms. The number of fused-ring (bicyclic) bond motifs is 1. The van der Waals surface area contributed by atoms with Crippen LogP contribution >= 0.6 is 0 Å². The minimum absolute atomic E-state index is 0.510. The molecule has 1 heteroatoms. The van der Waals surface area contributed by atoms with Gasteiger partial charge < -0.3 is 4.79 Å². The number of carbonyl (C=O) groups is 1. The largest absolute Gasteiger partial charge is 0.303 e. The second-order valence-electron chi connectivity index (χ2n) is 6.79. The van der Waals surface area contributed by atoms with Crippen molar-refractivity contribution in [1.29, 1.82) is 0 Å². The summed E-state index contributed by atoms with van der Waals surface area (Å²) in [5.41, 5.74) is 2.06. The second kappa shape index (κ2) is 4.96. The highest BCUT2D eigenvalue weighted by Crippen LogP contribution is 2.57. The van der Waals surface area contributed by atoms with E-state index in [2.05, 4.69) is 26.8 Å². The lowest BCUT2D eigenvalue weighted by molar-refractivity contribution is -0.112. The van der Waals surface area contributed by atoms with Gasteiger partial charge in [-0.25, -0.2) is 0 Å². The standard InChI is InChI=1S/C16H26O/c1-12-5-4-6-13(9-10-17)14-11-16(2,3)15(14)8-7-12/h5,10,13-15H,4,6-9,11H2,1-3H3. The molecule has 3 atom stereocenters. The van der Waals surface area contributed by atoms with Crippen LogP contribution in [0.4, 0.5) is 0 Å². The number of rotatable bonds is 2. The Morgan fingerprint density at radius 2 is 2.18 bits per heavy atom. The molecule has 0 amide bonds. The smallest absolute Gasteiger partial charge is 0.120 e. The SMILES string of the molecule is CC1=CCCC(CC=O)C2CC(C)(C)C2CC1. The molecule has 1 nitrogen and oxygen atoms in total. The maximum Gasteiger partial charge on any atom is 0.120 e. The summed E-state index contributed by atoms with van der Waals surface area (Å²) < 4.78 is 0. The van der Waals surface area contributed by atoms with Crippen LogP contribution in [0.25, 0.3) is 0 Å². The first-order valence-electron chi connectivity index (χ1n) is 7.14. The molecule has 0 saturated heterocycles. The van der Waals surface area contributed by atoms with Crippen LogP contribution in [0.15, 0.2) is 11.6 Å². The van der Waals surface area contributed by atoms with Gasteiger partial charge in [0, 0.05) is 6.42 Å². The van der Waals surface area contributed by atoms with Crippen molar-refractivity contribution in [2.24, 2.45) is 23.2 Å².